The number of hydrogen-bond donors (Lipinski definition) is 0. The maximum Gasteiger partial charge on any atom is 0.332 e. The third-order valence-corrected chi connectivity index (χ3v) is 3.78. The summed E-state index contributed by atoms with van der Waals surface area (Å²) in [6, 6.07) is 0. The van der Waals surface area contributed by atoms with Gasteiger partial charge in [0.2, 0.25) is 0 Å². The van der Waals surface area contributed by atoms with E-state index in [9.17, 15) is 9.59 Å². The minimum Gasteiger partial charge on any atom is -0.464 e. The molecule has 0 aromatic heterocycles. The number of rotatable bonds is 17. The van der Waals surface area contributed by atoms with Crippen LogP contribution in [0.2, 0.25) is 0 Å². The molecule has 0 bridgehead atoms. The van der Waals surface area contributed by atoms with Gasteiger partial charge in [0.05, 0.1) is 13.2 Å². The van der Waals surface area contributed by atoms with Crippen LogP contribution in [0.25, 0.3) is 0 Å². The zero-order chi connectivity index (χ0) is 18.8. The number of hydrogen-bond acceptors (Lipinski definition) is 5. The number of carbonyl (C=O) groups is 2. The first-order valence-electron chi connectivity index (χ1n) is 9.95. The molecule has 0 amide bonds. The molecule has 0 fully saturated rings. The summed E-state index contributed by atoms with van der Waals surface area (Å²) in [5, 5.41) is 0. The van der Waals surface area contributed by atoms with E-state index >= 15 is 0 Å². The molecule has 0 unspecified atom stereocenters. The van der Waals surface area contributed by atoms with E-state index < -0.39 is 11.9 Å². The van der Waals surface area contributed by atoms with E-state index in [4.69, 9.17) is 14.2 Å². The average Bonchev–Trinajstić information content (AvgIpc) is 2.58. The number of esters is 2. The Morgan fingerprint density at radius 2 is 1.20 bits per heavy atom. The van der Waals surface area contributed by atoms with Crippen molar-refractivity contribution in [3.05, 3.63) is 0 Å². The monoisotopic (exact) mass is 358 g/mol. The summed E-state index contributed by atoms with van der Waals surface area (Å²) in [5.74, 6) is -0.584. The van der Waals surface area contributed by atoms with Crippen LogP contribution in [0.4, 0.5) is 0 Å². The first-order chi connectivity index (χ1) is 12.1. The molecule has 0 aromatic rings. The Balaban J connectivity index is 3.29. The first-order valence-corrected chi connectivity index (χ1v) is 9.95. The summed E-state index contributed by atoms with van der Waals surface area (Å²) in [6.45, 7) is 6.54. The fraction of sp³-hybridized carbons (Fsp3) is 0.900. The topological polar surface area (TPSA) is 61.8 Å². The van der Waals surface area contributed by atoms with Gasteiger partial charge in [0.25, 0.3) is 0 Å². The molecule has 0 spiro atoms. The predicted octanol–water partition coefficient (Wildman–Crippen LogP) is 4.67. The van der Waals surface area contributed by atoms with Gasteiger partial charge in [-0.15, -0.1) is 0 Å². The van der Waals surface area contributed by atoms with Crippen molar-refractivity contribution < 1.29 is 23.8 Å². The number of ether oxygens (including phenoxy) is 3. The van der Waals surface area contributed by atoms with Gasteiger partial charge in [0.1, 0.15) is 13.2 Å². The molecular formula is C20H38O5. The minimum atomic E-state index is -0.448. The van der Waals surface area contributed by atoms with E-state index in [1.165, 1.54) is 51.4 Å². The van der Waals surface area contributed by atoms with Crippen molar-refractivity contribution in [3.8, 4) is 0 Å². The van der Waals surface area contributed by atoms with E-state index in [-0.39, 0.29) is 19.1 Å². The van der Waals surface area contributed by atoms with Crippen LogP contribution < -0.4 is 0 Å². The lowest BCUT2D eigenvalue weighted by molar-refractivity contribution is -0.156. The van der Waals surface area contributed by atoms with Crippen LogP contribution in [-0.2, 0) is 23.8 Å². The summed E-state index contributed by atoms with van der Waals surface area (Å²) >= 11 is 0. The van der Waals surface area contributed by atoms with E-state index in [0.717, 1.165) is 12.8 Å². The Kier molecular flexibility index (Phi) is 16.9. The van der Waals surface area contributed by atoms with Crippen LogP contribution in [0.5, 0.6) is 0 Å². The van der Waals surface area contributed by atoms with Crippen LogP contribution in [0.3, 0.4) is 0 Å². The maximum atomic E-state index is 11.5. The molecule has 0 N–H and O–H groups in total. The molecule has 0 rings (SSSR count). The van der Waals surface area contributed by atoms with Gasteiger partial charge < -0.3 is 14.2 Å². The average molecular weight is 359 g/mol. The summed E-state index contributed by atoms with van der Waals surface area (Å²) < 4.78 is 15.0. The lowest BCUT2D eigenvalue weighted by Gasteiger charge is -2.08. The minimum absolute atomic E-state index is 0.200. The summed E-state index contributed by atoms with van der Waals surface area (Å²) in [6.07, 6.45) is 12.5. The smallest absolute Gasteiger partial charge is 0.332 e. The van der Waals surface area contributed by atoms with Crippen molar-refractivity contribution in [1.82, 2.24) is 0 Å². The number of carbonyl (C=O) groups excluding carboxylic acids is 2. The fourth-order valence-electron chi connectivity index (χ4n) is 2.34. The van der Waals surface area contributed by atoms with Crippen molar-refractivity contribution in [2.75, 3.05) is 26.4 Å². The summed E-state index contributed by atoms with van der Waals surface area (Å²) in [7, 11) is 0. The van der Waals surface area contributed by atoms with E-state index in [2.05, 4.69) is 6.92 Å². The predicted molar refractivity (Wildman–Crippen MR) is 99.4 cm³/mol. The van der Waals surface area contributed by atoms with E-state index in [0.29, 0.717) is 13.2 Å². The third-order valence-electron chi connectivity index (χ3n) is 3.78. The molecule has 25 heavy (non-hydrogen) atoms. The maximum absolute atomic E-state index is 11.5. The van der Waals surface area contributed by atoms with Gasteiger partial charge in [0, 0.05) is 0 Å². The molecule has 0 aromatic carbocycles. The molecule has 0 saturated carbocycles. The van der Waals surface area contributed by atoms with Gasteiger partial charge in [-0.3, -0.25) is 0 Å². The quantitative estimate of drug-likeness (QED) is 0.279. The molecule has 0 atom stereocenters. The Labute approximate surface area is 153 Å². The second kappa shape index (κ2) is 17.7. The number of unbranched alkanes of at least 4 members (excludes halogenated alkanes) is 9. The highest BCUT2D eigenvalue weighted by Gasteiger charge is 2.08. The van der Waals surface area contributed by atoms with Crippen LogP contribution in [0.15, 0.2) is 0 Å². The van der Waals surface area contributed by atoms with Crippen molar-refractivity contribution >= 4 is 11.9 Å². The van der Waals surface area contributed by atoms with Crippen LogP contribution in [-0.4, -0.2) is 38.4 Å². The standard InChI is InChI=1S/C20H38O5/c1-4-5-6-7-8-9-10-11-12-13-14-24-19(21)16-23-17-20(22)25-15-18(2)3/h18H,4-17H2,1-3H3. The zero-order valence-electron chi connectivity index (χ0n) is 16.5. The molecule has 0 aliphatic heterocycles. The summed E-state index contributed by atoms with van der Waals surface area (Å²) in [4.78, 5) is 22.7. The fourth-order valence-corrected chi connectivity index (χ4v) is 2.34. The normalized spacial score (nSPS) is 10.9. The highest BCUT2D eigenvalue weighted by Crippen LogP contribution is 2.10. The van der Waals surface area contributed by atoms with Gasteiger partial charge >= 0.3 is 11.9 Å². The third kappa shape index (κ3) is 19.1. The van der Waals surface area contributed by atoms with E-state index in [1.807, 2.05) is 13.8 Å². The zero-order valence-corrected chi connectivity index (χ0v) is 16.5. The Hall–Kier alpha value is -1.10. The largest absolute Gasteiger partial charge is 0.464 e. The van der Waals surface area contributed by atoms with Gasteiger partial charge in [-0.05, 0) is 12.3 Å². The van der Waals surface area contributed by atoms with Gasteiger partial charge in [-0.25, -0.2) is 9.59 Å². The molecule has 148 valence electrons. The lowest BCUT2D eigenvalue weighted by atomic mass is 10.1. The SMILES string of the molecule is CCCCCCCCCCCCOC(=O)COCC(=O)OCC(C)C. The van der Waals surface area contributed by atoms with Crippen molar-refractivity contribution in [2.24, 2.45) is 5.92 Å². The second-order valence-corrected chi connectivity index (χ2v) is 6.97. The molecule has 0 heterocycles. The van der Waals surface area contributed by atoms with Crippen molar-refractivity contribution in [2.45, 2.75) is 85.0 Å². The molecule has 5 nitrogen and oxygen atoms in total. The Bertz CT molecular complexity index is 328. The Morgan fingerprint density at radius 1 is 0.720 bits per heavy atom. The van der Waals surface area contributed by atoms with Crippen molar-refractivity contribution in [3.63, 3.8) is 0 Å². The highest BCUT2D eigenvalue weighted by molar-refractivity contribution is 5.73. The van der Waals surface area contributed by atoms with Gasteiger partial charge in [0.15, 0.2) is 0 Å². The van der Waals surface area contributed by atoms with Crippen molar-refractivity contribution in [1.29, 1.82) is 0 Å². The molecule has 0 aliphatic rings. The first kappa shape index (κ1) is 23.9. The van der Waals surface area contributed by atoms with Crippen LogP contribution in [0.1, 0.15) is 85.0 Å². The molecule has 0 aliphatic carbocycles. The van der Waals surface area contributed by atoms with Crippen LogP contribution in [0, 0.1) is 5.92 Å². The molecule has 0 saturated heterocycles. The van der Waals surface area contributed by atoms with Crippen LogP contribution >= 0.6 is 0 Å². The highest BCUT2D eigenvalue weighted by atomic mass is 16.6. The second-order valence-electron chi connectivity index (χ2n) is 6.97. The summed E-state index contributed by atoms with van der Waals surface area (Å²) in [5.41, 5.74) is 0. The Morgan fingerprint density at radius 3 is 1.72 bits per heavy atom. The van der Waals surface area contributed by atoms with Gasteiger partial charge in [-0.2, -0.15) is 0 Å². The molecule has 5 heteroatoms. The molecular weight excluding hydrogens is 320 g/mol. The van der Waals surface area contributed by atoms with E-state index in [1.54, 1.807) is 0 Å². The lowest BCUT2D eigenvalue weighted by Crippen LogP contribution is -2.20. The molecule has 0 radical (unpaired) electrons. The van der Waals surface area contributed by atoms with Gasteiger partial charge in [-0.1, -0.05) is 78.6 Å².